The van der Waals surface area contributed by atoms with Gasteiger partial charge < -0.3 is 10.6 Å². The Morgan fingerprint density at radius 3 is 2.24 bits per heavy atom. The average Bonchev–Trinajstić information content (AvgIpc) is 2.19. The number of hydrogen-bond donors (Lipinski definition) is 1. The minimum atomic E-state index is 0.130. The molecule has 3 nitrogen and oxygen atoms in total. The Kier molecular flexibility index (Phi) is 4.16. The molecule has 0 aromatic heterocycles. The largest absolute Gasteiger partial charge is 0.399 e. The van der Waals surface area contributed by atoms with E-state index in [1.54, 1.807) is 4.90 Å². The van der Waals surface area contributed by atoms with Gasteiger partial charge in [-0.05, 0) is 23.1 Å². The summed E-state index contributed by atoms with van der Waals surface area (Å²) in [7, 11) is 1.85. The van der Waals surface area contributed by atoms with Crippen molar-refractivity contribution in [1.29, 1.82) is 0 Å². The molecule has 0 heterocycles. The van der Waals surface area contributed by atoms with Gasteiger partial charge in [0.25, 0.3) is 0 Å². The first-order valence-electron chi connectivity index (χ1n) is 5.86. The van der Waals surface area contributed by atoms with E-state index in [0.717, 1.165) is 17.8 Å². The molecule has 1 rings (SSSR count). The van der Waals surface area contributed by atoms with Crippen molar-refractivity contribution in [1.82, 2.24) is 4.90 Å². The molecule has 0 aliphatic heterocycles. The van der Waals surface area contributed by atoms with Gasteiger partial charge in [-0.15, -0.1) is 0 Å². The standard InChI is InChI=1S/C14H22N2O/c1-14(2,3)10-16(4)13(17)9-11-5-7-12(15)8-6-11/h5-8H,9-10,15H2,1-4H3. The monoisotopic (exact) mass is 234 g/mol. The zero-order chi connectivity index (χ0) is 13.1. The van der Waals surface area contributed by atoms with Crippen LogP contribution in [0.1, 0.15) is 26.3 Å². The Labute approximate surface area is 104 Å². The fourth-order valence-electron chi connectivity index (χ4n) is 1.74. The van der Waals surface area contributed by atoms with Gasteiger partial charge in [0, 0.05) is 19.3 Å². The van der Waals surface area contributed by atoms with Crippen LogP contribution in [0.2, 0.25) is 0 Å². The van der Waals surface area contributed by atoms with E-state index in [9.17, 15) is 4.79 Å². The molecule has 17 heavy (non-hydrogen) atoms. The number of likely N-dealkylation sites (N-methyl/N-ethyl adjacent to an activating group) is 1. The van der Waals surface area contributed by atoms with Crippen molar-refractivity contribution in [2.45, 2.75) is 27.2 Å². The molecule has 0 unspecified atom stereocenters. The molecule has 0 radical (unpaired) electrons. The van der Waals surface area contributed by atoms with E-state index in [1.807, 2.05) is 31.3 Å². The van der Waals surface area contributed by atoms with Crippen molar-refractivity contribution < 1.29 is 4.79 Å². The summed E-state index contributed by atoms with van der Waals surface area (Å²) in [4.78, 5) is 13.8. The second kappa shape index (κ2) is 5.21. The molecule has 1 aromatic carbocycles. The van der Waals surface area contributed by atoms with E-state index in [4.69, 9.17) is 5.73 Å². The number of nitrogen functional groups attached to an aromatic ring is 1. The lowest BCUT2D eigenvalue weighted by Gasteiger charge is -2.26. The van der Waals surface area contributed by atoms with Crippen LogP contribution in [0, 0.1) is 5.41 Å². The molecular weight excluding hydrogens is 212 g/mol. The molecule has 1 amide bonds. The molecular formula is C14H22N2O. The third-order valence-corrected chi connectivity index (χ3v) is 2.47. The van der Waals surface area contributed by atoms with Crippen molar-refractivity contribution in [3.63, 3.8) is 0 Å². The number of benzene rings is 1. The Balaban J connectivity index is 2.57. The average molecular weight is 234 g/mol. The van der Waals surface area contributed by atoms with Gasteiger partial charge in [0.15, 0.2) is 0 Å². The molecule has 94 valence electrons. The summed E-state index contributed by atoms with van der Waals surface area (Å²) < 4.78 is 0. The molecule has 0 spiro atoms. The molecule has 0 saturated heterocycles. The number of nitrogens with two attached hydrogens (primary N) is 1. The quantitative estimate of drug-likeness (QED) is 0.816. The molecule has 0 saturated carbocycles. The summed E-state index contributed by atoms with van der Waals surface area (Å²) >= 11 is 0. The highest BCUT2D eigenvalue weighted by Gasteiger charge is 2.17. The van der Waals surface area contributed by atoms with Crippen LogP contribution >= 0.6 is 0 Å². The molecule has 0 fully saturated rings. The van der Waals surface area contributed by atoms with E-state index in [-0.39, 0.29) is 11.3 Å². The Hall–Kier alpha value is -1.51. The van der Waals surface area contributed by atoms with E-state index in [1.165, 1.54) is 0 Å². The van der Waals surface area contributed by atoms with Gasteiger partial charge in [-0.25, -0.2) is 0 Å². The lowest BCUT2D eigenvalue weighted by atomic mass is 9.96. The van der Waals surface area contributed by atoms with Gasteiger partial charge in [0.2, 0.25) is 5.91 Å². The molecule has 0 aliphatic carbocycles. The summed E-state index contributed by atoms with van der Waals surface area (Å²) in [5.74, 6) is 0.143. The highest BCUT2D eigenvalue weighted by Crippen LogP contribution is 2.15. The molecule has 2 N–H and O–H groups in total. The highest BCUT2D eigenvalue weighted by molar-refractivity contribution is 5.78. The number of nitrogens with zero attached hydrogens (tertiary/aromatic N) is 1. The molecule has 0 bridgehead atoms. The number of carbonyl (C=O) groups is 1. The Morgan fingerprint density at radius 2 is 1.76 bits per heavy atom. The number of hydrogen-bond acceptors (Lipinski definition) is 2. The van der Waals surface area contributed by atoms with Crippen LogP contribution in [0.5, 0.6) is 0 Å². The van der Waals surface area contributed by atoms with E-state index in [0.29, 0.717) is 6.42 Å². The topological polar surface area (TPSA) is 46.3 Å². The fourth-order valence-corrected chi connectivity index (χ4v) is 1.74. The maximum Gasteiger partial charge on any atom is 0.226 e. The van der Waals surface area contributed by atoms with Crippen LogP contribution in [0.4, 0.5) is 5.69 Å². The normalized spacial score (nSPS) is 11.3. The van der Waals surface area contributed by atoms with Crippen LogP contribution in [0.15, 0.2) is 24.3 Å². The first kappa shape index (κ1) is 13.6. The number of anilines is 1. The third kappa shape index (κ3) is 4.89. The van der Waals surface area contributed by atoms with Gasteiger partial charge in [0.05, 0.1) is 6.42 Å². The zero-order valence-corrected chi connectivity index (χ0v) is 11.2. The Bertz CT molecular complexity index is 376. The SMILES string of the molecule is CN(CC(C)(C)C)C(=O)Cc1ccc(N)cc1. The summed E-state index contributed by atoms with van der Waals surface area (Å²) in [5.41, 5.74) is 7.47. The van der Waals surface area contributed by atoms with Crippen molar-refractivity contribution in [2.24, 2.45) is 5.41 Å². The second-order valence-electron chi connectivity index (χ2n) is 5.73. The summed E-state index contributed by atoms with van der Waals surface area (Å²) in [6.07, 6.45) is 0.437. The van der Waals surface area contributed by atoms with Gasteiger partial charge in [-0.3, -0.25) is 4.79 Å². The lowest BCUT2D eigenvalue weighted by Crippen LogP contribution is -2.35. The van der Waals surface area contributed by atoms with Crippen molar-refractivity contribution in [3.05, 3.63) is 29.8 Å². The summed E-state index contributed by atoms with van der Waals surface area (Å²) in [5, 5.41) is 0. The maximum absolute atomic E-state index is 12.0. The van der Waals surface area contributed by atoms with Crippen LogP contribution in [0.3, 0.4) is 0 Å². The van der Waals surface area contributed by atoms with Gasteiger partial charge in [0.1, 0.15) is 0 Å². The van der Waals surface area contributed by atoms with Gasteiger partial charge in [-0.2, -0.15) is 0 Å². The third-order valence-electron chi connectivity index (χ3n) is 2.47. The van der Waals surface area contributed by atoms with Crippen LogP contribution in [-0.2, 0) is 11.2 Å². The minimum Gasteiger partial charge on any atom is -0.399 e. The van der Waals surface area contributed by atoms with Crippen molar-refractivity contribution in [3.8, 4) is 0 Å². The predicted molar refractivity (Wildman–Crippen MR) is 71.7 cm³/mol. The molecule has 3 heteroatoms. The summed E-state index contributed by atoms with van der Waals surface area (Å²) in [6, 6.07) is 7.45. The summed E-state index contributed by atoms with van der Waals surface area (Å²) in [6.45, 7) is 7.14. The zero-order valence-electron chi connectivity index (χ0n) is 11.2. The number of carbonyl (C=O) groups excluding carboxylic acids is 1. The van der Waals surface area contributed by atoms with Gasteiger partial charge in [-0.1, -0.05) is 32.9 Å². The molecule has 0 aliphatic rings. The second-order valence-corrected chi connectivity index (χ2v) is 5.73. The fraction of sp³-hybridized carbons (Fsp3) is 0.500. The smallest absolute Gasteiger partial charge is 0.226 e. The molecule has 0 atom stereocenters. The van der Waals surface area contributed by atoms with E-state index < -0.39 is 0 Å². The Morgan fingerprint density at radius 1 is 1.24 bits per heavy atom. The molecule has 1 aromatic rings. The lowest BCUT2D eigenvalue weighted by molar-refractivity contribution is -0.130. The first-order chi connectivity index (χ1) is 7.78. The predicted octanol–water partition coefficient (Wildman–Crippen LogP) is 2.32. The van der Waals surface area contributed by atoms with Crippen LogP contribution in [-0.4, -0.2) is 24.4 Å². The van der Waals surface area contributed by atoms with Crippen molar-refractivity contribution >= 4 is 11.6 Å². The van der Waals surface area contributed by atoms with E-state index in [2.05, 4.69) is 20.8 Å². The minimum absolute atomic E-state index is 0.130. The van der Waals surface area contributed by atoms with Gasteiger partial charge >= 0.3 is 0 Å². The number of rotatable bonds is 3. The van der Waals surface area contributed by atoms with Crippen molar-refractivity contribution in [2.75, 3.05) is 19.3 Å². The van der Waals surface area contributed by atoms with Crippen LogP contribution in [0.25, 0.3) is 0 Å². The highest BCUT2D eigenvalue weighted by atomic mass is 16.2. The number of amides is 1. The van der Waals surface area contributed by atoms with Crippen LogP contribution < -0.4 is 5.73 Å². The van der Waals surface area contributed by atoms with E-state index >= 15 is 0 Å². The maximum atomic E-state index is 12.0. The first-order valence-corrected chi connectivity index (χ1v) is 5.86.